The Labute approximate surface area is 32.3 Å². The molecule has 0 heterocycles. The average molecular weight is 97.0 g/mol. The standard InChI is InChI=1S/HNO3.H2O2/c2-1(3)4;1-2/h(H,2,3,4);1-2H. The van der Waals surface area contributed by atoms with Crippen LogP contribution in [0.2, 0.25) is 0 Å². The first kappa shape index (κ1) is 8.93. The highest BCUT2D eigenvalue weighted by molar-refractivity contribution is 3.83. The van der Waals surface area contributed by atoms with Crippen LogP contribution in [0.4, 0.5) is 0 Å². The molecule has 0 saturated carbocycles. The van der Waals surface area contributed by atoms with Gasteiger partial charge in [-0.05, 0) is 0 Å². The first-order chi connectivity index (χ1) is 2.73. The molecule has 0 aromatic heterocycles. The molecule has 6 nitrogen and oxygen atoms in total. The molecule has 0 rings (SSSR count). The summed E-state index contributed by atoms with van der Waals surface area (Å²) in [5.74, 6) is 0. The van der Waals surface area contributed by atoms with E-state index in [0.717, 1.165) is 0 Å². The molecule has 0 aromatic carbocycles. The number of hydrogen-bond donors (Lipinski definition) is 3. The van der Waals surface area contributed by atoms with Crippen LogP contribution in [-0.2, 0) is 0 Å². The summed E-state index contributed by atoms with van der Waals surface area (Å²) in [4.78, 5) is 8.36. The van der Waals surface area contributed by atoms with Crippen LogP contribution in [0.1, 0.15) is 0 Å². The van der Waals surface area contributed by atoms with Crippen molar-refractivity contribution in [2.45, 2.75) is 0 Å². The van der Waals surface area contributed by atoms with E-state index in [2.05, 4.69) is 0 Å². The van der Waals surface area contributed by atoms with E-state index in [9.17, 15) is 0 Å². The summed E-state index contributed by atoms with van der Waals surface area (Å²) in [5.41, 5.74) is 0. The topological polar surface area (TPSA) is 104 Å². The molecule has 0 bridgehead atoms. The highest BCUT2D eigenvalue weighted by Gasteiger charge is 1.65. The van der Waals surface area contributed by atoms with Crippen molar-refractivity contribution in [2.24, 2.45) is 0 Å². The molecule has 0 fully saturated rings. The van der Waals surface area contributed by atoms with Gasteiger partial charge in [0.2, 0.25) is 0 Å². The molecule has 0 radical (unpaired) electrons. The second kappa shape index (κ2) is 8.92. The van der Waals surface area contributed by atoms with Gasteiger partial charge in [0.15, 0.2) is 0 Å². The van der Waals surface area contributed by atoms with Crippen molar-refractivity contribution in [2.75, 3.05) is 0 Å². The summed E-state index contributed by atoms with van der Waals surface area (Å²) in [5, 5.41) is 25.6. The van der Waals surface area contributed by atoms with Crippen molar-refractivity contribution in [3.63, 3.8) is 0 Å². The summed E-state index contributed by atoms with van der Waals surface area (Å²) in [6.07, 6.45) is 0. The van der Waals surface area contributed by atoms with Crippen LogP contribution in [0, 0.1) is 10.1 Å². The Hall–Kier alpha value is -0.880. The van der Waals surface area contributed by atoms with E-state index in [1.165, 1.54) is 0 Å². The zero-order valence-corrected chi connectivity index (χ0v) is 2.61. The predicted molar refractivity (Wildman–Crippen MR) is 14.0 cm³/mol. The van der Waals surface area contributed by atoms with Crippen LogP contribution in [0.3, 0.4) is 0 Å². The van der Waals surface area contributed by atoms with E-state index < -0.39 is 5.09 Å². The first-order valence-corrected chi connectivity index (χ1v) is 0.765. The molecule has 0 spiro atoms. The van der Waals surface area contributed by atoms with Crippen molar-refractivity contribution in [3.05, 3.63) is 10.1 Å². The van der Waals surface area contributed by atoms with Gasteiger partial charge in [0.25, 0.3) is 5.09 Å². The molecule has 0 aromatic rings. The fraction of sp³-hybridized carbons (Fsp3) is 0. The molecule has 6 heavy (non-hydrogen) atoms. The fourth-order valence-corrected chi connectivity index (χ4v) is 0. The van der Waals surface area contributed by atoms with E-state index in [0.29, 0.717) is 0 Å². The largest absolute Gasteiger partial charge is 0.328 e. The van der Waals surface area contributed by atoms with Gasteiger partial charge in [0.05, 0.1) is 0 Å². The van der Waals surface area contributed by atoms with Crippen LogP contribution in [0.15, 0.2) is 0 Å². The maximum absolute atomic E-state index is 8.36. The molecule has 0 amide bonds. The average Bonchev–Trinajstić information content (AvgIpc) is 1.41. The lowest BCUT2D eigenvalue weighted by Crippen LogP contribution is -1.81. The van der Waals surface area contributed by atoms with Crippen LogP contribution in [0.5, 0.6) is 0 Å². The summed E-state index contributed by atoms with van der Waals surface area (Å²) in [7, 11) is 0. The minimum Gasteiger partial charge on any atom is -0.328 e. The monoisotopic (exact) mass is 97.0 g/mol. The van der Waals surface area contributed by atoms with Crippen LogP contribution >= 0.6 is 0 Å². The molecular weight excluding hydrogens is 94.0 g/mol. The van der Waals surface area contributed by atoms with Gasteiger partial charge < -0.3 is 5.21 Å². The molecule has 0 atom stereocenters. The van der Waals surface area contributed by atoms with Gasteiger partial charge in [0.1, 0.15) is 0 Å². The second-order valence-corrected chi connectivity index (χ2v) is 0.238. The lowest BCUT2D eigenvalue weighted by molar-refractivity contribution is -0.742. The second-order valence-electron chi connectivity index (χ2n) is 0.238. The van der Waals surface area contributed by atoms with E-state index in [4.69, 9.17) is 25.8 Å². The van der Waals surface area contributed by atoms with Gasteiger partial charge in [-0.25, -0.2) is 0 Å². The molecule has 0 saturated heterocycles. The van der Waals surface area contributed by atoms with E-state index in [1.54, 1.807) is 0 Å². The highest BCUT2D eigenvalue weighted by atomic mass is 17.0. The van der Waals surface area contributed by atoms with Gasteiger partial charge >= 0.3 is 0 Å². The molecule has 0 aliphatic carbocycles. The van der Waals surface area contributed by atoms with Crippen molar-refractivity contribution in [1.82, 2.24) is 0 Å². The number of rotatable bonds is 0. The van der Waals surface area contributed by atoms with E-state index in [1.807, 2.05) is 0 Å². The lowest BCUT2D eigenvalue weighted by Gasteiger charge is -1.56. The minimum absolute atomic E-state index is 1.50. The molecule has 0 unspecified atom stereocenters. The Morgan fingerprint density at radius 3 is 1.50 bits per heavy atom. The maximum atomic E-state index is 8.36. The van der Waals surface area contributed by atoms with E-state index in [-0.39, 0.29) is 0 Å². The van der Waals surface area contributed by atoms with Gasteiger partial charge in [-0.3, -0.25) is 10.5 Å². The predicted octanol–water partition coefficient (Wildman–Crippen LogP) is -0.330. The third-order valence-corrected chi connectivity index (χ3v) is 0. The summed E-state index contributed by atoms with van der Waals surface area (Å²) < 4.78 is 0. The maximum Gasteiger partial charge on any atom is 0.291 e. The third-order valence-electron chi connectivity index (χ3n) is 0. The third kappa shape index (κ3) is 18.1. The van der Waals surface area contributed by atoms with Crippen molar-refractivity contribution in [3.8, 4) is 0 Å². The first-order valence-electron chi connectivity index (χ1n) is 0.765. The summed E-state index contributed by atoms with van der Waals surface area (Å²) >= 11 is 0. The molecule has 0 aliphatic heterocycles. The van der Waals surface area contributed by atoms with Gasteiger partial charge in [-0.15, -0.1) is 10.1 Å². The van der Waals surface area contributed by atoms with Crippen molar-refractivity contribution >= 4 is 0 Å². The Morgan fingerprint density at radius 1 is 1.50 bits per heavy atom. The van der Waals surface area contributed by atoms with Gasteiger partial charge in [-0.2, -0.15) is 0 Å². The smallest absolute Gasteiger partial charge is 0.291 e. The van der Waals surface area contributed by atoms with Crippen LogP contribution in [-0.4, -0.2) is 20.8 Å². The molecule has 6 heteroatoms. The lowest BCUT2D eigenvalue weighted by atomic mass is 13.1. The molecular formula is H3NO5. The Bertz CT molecular complexity index is 26.9. The van der Waals surface area contributed by atoms with Gasteiger partial charge in [0, 0.05) is 0 Å². The fourth-order valence-electron chi connectivity index (χ4n) is 0. The quantitative estimate of drug-likeness (QED) is 0.218. The number of nitrogens with zero attached hydrogens (tertiary/aromatic N) is 1. The van der Waals surface area contributed by atoms with Crippen molar-refractivity contribution < 1.29 is 20.8 Å². The minimum atomic E-state index is -1.50. The Morgan fingerprint density at radius 2 is 1.50 bits per heavy atom. The zero-order chi connectivity index (χ0) is 5.58. The Balaban J connectivity index is 0. The highest BCUT2D eigenvalue weighted by Crippen LogP contribution is 1.38. The normalized spacial score (nSPS) is 5.00. The van der Waals surface area contributed by atoms with Gasteiger partial charge in [-0.1, -0.05) is 0 Å². The van der Waals surface area contributed by atoms with Crippen LogP contribution in [0.25, 0.3) is 0 Å². The molecule has 0 aliphatic rings. The summed E-state index contributed by atoms with van der Waals surface area (Å²) in [6.45, 7) is 0. The van der Waals surface area contributed by atoms with E-state index >= 15 is 0 Å². The van der Waals surface area contributed by atoms with Crippen LogP contribution < -0.4 is 0 Å². The Kier molecular flexibility index (Phi) is 13.3. The molecule has 3 N–H and O–H groups in total. The van der Waals surface area contributed by atoms with Crippen molar-refractivity contribution in [1.29, 1.82) is 0 Å². The zero-order valence-electron chi connectivity index (χ0n) is 2.61. The summed E-state index contributed by atoms with van der Waals surface area (Å²) in [6, 6.07) is 0. The SMILES string of the molecule is O=[N+]([O-])O.OO. The number of hydrogen-bond acceptors (Lipinski definition) is 4. The molecule has 38 valence electrons.